The molecule has 2 heterocycles. The zero-order chi connectivity index (χ0) is 23.1. The molecule has 0 aromatic heterocycles. The van der Waals surface area contributed by atoms with Gasteiger partial charge >= 0.3 is 6.18 Å². The van der Waals surface area contributed by atoms with Gasteiger partial charge in [-0.1, -0.05) is 29.3 Å². The second-order valence-corrected chi connectivity index (χ2v) is 8.54. The fraction of sp³-hybridized carbons (Fsp3) is 0.333. The maximum atomic E-state index is 14.2. The van der Waals surface area contributed by atoms with E-state index < -0.39 is 29.4 Å². The van der Waals surface area contributed by atoms with Crippen LogP contribution >= 0.6 is 23.2 Å². The van der Waals surface area contributed by atoms with Crippen LogP contribution in [0.4, 0.5) is 18.9 Å². The maximum absolute atomic E-state index is 14.2. The molecule has 170 valence electrons. The standard InChI is InChI=1S/C21H18Cl2F3N3O3/c22-15-6-3-13(9-16(15)23)20(21(24,25)26)7-8-29(11-20)14-4-1-12(2-5-14)18(30)27-17-10-32-28-19(17)31/h1-6,9,17H,7-8,10-11H2,(H,27,30)(H,28,31). The molecule has 2 aromatic rings. The van der Waals surface area contributed by atoms with Gasteiger partial charge in [0.15, 0.2) is 0 Å². The summed E-state index contributed by atoms with van der Waals surface area (Å²) in [6, 6.07) is 9.40. The molecule has 2 saturated heterocycles. The molecule has 2 amide bonds. The highest BCUT2D eigenvalue weighted by atomic mass is 35.5. The van der Waals surface area contributed by atoms with Gasteiger partial charge < -0.3 is 10.2 Å². The Morgan fingerprint density at radius 3 is 2.47 bits per heavy atom. The monoisotopic (exact) mass is 487 g/mol. The van der Waals surface area contributed by atoms with E-state index in [2.05, 4.69) is 10.8 Å². The molecule has 0 radical (unpaired) electrons. The summed E-state index contributed by atoms with van der Waals surface area (Å²) in [7, 11) is 0. The fourth-order valence-electron chi connectivity index (χ4n) is 3.97. The lowest BCUT2D eigenvalue weighted by molar-refractivity contribution is -0.184. The lowest BCUT2D eigenvalue weighted by Gasteiger charge is -2.33. The summed E-state index contributed by atoms with van der Waals surface area (Å²) in [5.74, 6) is -0.929. The molecular formula is C21H18Cl2F3N3O3. The minimum Gasteiger partial charge on any atom is -0.370 e. The van der Waals surface area contributed by atoms with Gasteiger partial charge in [-0.15, -0.1) is 0 Å². The van der Waals surface area contributed by atoms with E-state index >= 15 is 0 Å². The van der Waals surface area contributed by atoms with Crippen molar-refractivity contribution in [2.24, 2.45) is 0 Å². The lowest BCUT2D eigenvalue weighted by Crippen LogP contribution is -2.44. The zero-order valence-electron chi connectivity index (χ0n) is 16.5. The second kappa shape index (κ2) is 8.46. The van der Waals surface area contributed by atoms with Crippen molar-refractivity contribution in [2.45, 2.75) is 24.1 Å². The molecule has 0 spiro atoms. The molecule has 2 aromatic carbocycles. The van der Waals surface area contributed by atoms with Crippen LogP contribution in [0.25, 0.3) is 0 Å². The molecule has 2 N–H and O–H groups in total. The quantitative estimate of drug-likeness (QED) is 0.686. The van der Waals surface area contributed by atoms with Crippen molar-refractivity contribution in [3.63, 3.8) is 0 Å². The van der Waals surface area contributed by atoms with Gasteiger partial charge in [0, 0.05) is 24.3 Å². The van der Waals surface area contributed by atoms with E-state index in [4.69, 9.17) is 28.0 Å². The van der Waals surface area contributed by atoms with Gasteiger partial charge in [0.05, 0.1) is 10.0 Å². The Labute approximate surface area is 191 Å². The molecule has 6 nitrogen and oxygen atoms in total. The average molecular weight is 488 g/mol. The number of halogens is 5. The first kappa shape index (κ1) is 22.7. The Kier molecular flexibility index (Phi) is 6.00. The minimum absolute atomic E-state index is 0.0185. The summed E-state index contributed by atoms with van der Waals surface area (Å²) in [6.07, 6.45) is -4.64. The van der Waals surface area contributed by atoms with Crippen molar-refractivity contribution < 1.29 is 27.6 Å². The SMILES string of the molecule is O=C(NC1CONC1=O)c1ccc(N2CCC(c3ccc(Cl)c(Cl)c3)(C(F)(F)F)C2)cc1. The largest absolute Gasteiger partial charge is 0.400 e. The molecule has 2 unspecified atom stereocenters. The number of carbonyl (C=O) groups is 2. The normalized spacial score (nSPS) is 23.3. The maximum Gasteiger partial charge on any atom is 0.400 e. The predicted molar refractivity (Wildman–Crippen MR) is 113 cm³/mol. The van der Waals surface area contributed by atoms with Crippen LogP contribution in [0.2, 0.25) is 10.0 Å². The molecule has 2 fully saturated rings. The number of alkyl halides is 3. The molecule has 2 atom stereocenters. The van der Waals surface area contributed by atoms with E-state index in [1.807, 2.05) is 0 Å². The lowest BCUT2D eigenvalue weighted by atomic mass is 9.79. The van der Waals surface area contributed by atoms with Crippen LogP contribution in [0, 0.1) is 0 Å². The van der Waals surface area contributed by atoms with Crippen LogP contribution in [0.15, 0.2) is 42.5 Å². The summed E-state index contributed by atoms with van der Waals surface area (Å²) < 4.78 is 42.7. The number of carbonyl (C=O) groups excluding carboxylic acids is 2. The number of nitrogens with one attached hydrogen (secondary N) is 2. The van der Waals surface area contributed by atoms with Gasteiger partial charge in [0.25, 0.3) is 11.8 Å². The Bertz CT molecular complexity index is 1050. The Morgan fingerprint density at radius 2 is 1.88 bits per heavy atom. The van der Waals surface area contributed by atoms with Crippen LogP contribution in [0.5, 0.6) is 0 Å². The van der Waals surface area contributed by atoms with Gasteiger partial charge in [-0.3, -0.25) is 14.4 Å². The van der Waals surface area contributed by atoms with Crippen LogP contribution in [-0.4, -0.2) is 43.7 Å². The number of hydrogen-bond acceptors (Lipinski definition) is 4. The minimum atomic E-state index is -4.50. The van der Waals surface area contributed by atoms with Crippen molar-refractivity contribution in [1.29, 1.82) is 0 Å². The first-order chi connectivity index (χ1) is 15.1. The zero-order valence-corrected chi connectivity index (χ0v) is 18.0. The van der Waals surface area contributed by atoms with E-state index in [1.165, 1.54) is 30.3 Å². The van der Waals surface area contributed by atoms with Gasteiger partial charge in [0.2, 0.25) is 0 Å². The molecule has 4 rings (SSSR count). The summed E-state index contributed by atoms with van der Waals surface area (Å²) in [5, 5.41) is 2.80. The van der Waals surface area contributed by atoms with Crippen LogP contribution in [0.1, 0.15) is 22.3 Å². The van der Waals surface area contributed by atoms with Gasteiger partial charge in [0.1, 0.15) is 18.1 Å². The van der Waals surface area contributed by atoms with Crippen molar-refractivity contribution in [3.05, 3.63) is 63.6 Å². The van der Waals surface area contributed by atoms with Crippen LogP contribution < -0.4 is 15.7 Å². The second-order valence-electron chi connectivity index (χ2n) is 7.73. The molecule has 32 heavy (non-hydrogen) atoms. The smallest absolute Gasteiger partial charge is 0.370 e. The summed E-state index contributed by atoms with van der Waals surface area (Å²) >= 11 is 11.9. The van der Waals surface area contributed by atoms with Crippen molar-refractivity contribution in [1.82, 2.24) is 10.8 Å². The third-order valence-electron chi connectivity index (χ3n) is 5.82. The van der Waals surface area contributed by atoms with E-state index in [0.29, 0.717) is 5.69 Å². The number of anilines is 1. The number of hydrogen-bond donors (Lipinski definition) is 2. The molecule has 0 saturated carbocycles. The topological polar surface area (TPSA) is 70.7 Å². The van der Waals surface area contributed by atoms with Gasteiger partial charge in [-0.25, -0.2) is 5.48 Å². The van der Waals surface area contributed by atoms with Crippen molar-refractivity contribution >= 4 is 40.7 Å². The molecule has 0 aliphatic carbocycles. The third kappa shape index (κ3) is 4.12. The number of hydroxylamine groups is 1. The predicted octanol–water partition coefficient (Wildman–Crippen LogP) is 3.86. The summed E-state index contributed by atoms with van der Waals surface area (Å²) in [6.45, 7) is -0.102. The summed E-state index contributed by atoms with van der Waals surface area (Å²) in [4.78, 5) is 30.2. The van der Waals surface area contributed by atoms with E-state index in [0.717, 1.165) is 0 Å². The van der Waals surface area contributed by atoms with Gasteiger partial charge in [-0.05, 0) is 48.4 Å². The highest BCUT2D eigenvalue weighted by Crippen LogP contribution is 2.49. The Balaban J connectivity index is 1.53. The van der Waals surface area contributed by atoms with Crippen LogP contribution in [-0.2, 0) is 15.0 Å². The van der Waals surface area contributed by atoms with E-state index in [9.17, 15) is 22.8 Å². The van der Waals surface area contributed by atoms with Gasteiger partial charge in [-0.2, -0.15) is 13.2 Å². The fourth-order valence-corrected chi connectivity index (χ4v) is 4.27. The summed E-state index contributed by atoms with van der Waals surface area (Å²) in [5.41, 5.74) is 0.947. The van der Waals surface area contributed by atoms with Crippen LogP contribution in [0.3, 0.4) is 0 Å². The number of nitrogens with zero attached hydrogens (tertiary/aromatic N) is 1. The number of amides is 2. The van der Waals surface area contributed by atoms with Crippen molar-refractivity contribution in [2.75, 3.05) is 24.6 Å². The number of benzene rings is 2. The highest BCUT2D eigenvalue weighted by molar-refractivity contribution is 6.42. The molecule has 11 heteroatoms. The molecular weight excluding hydrogens is 470 g/mol. The number of rotatable bonds is 4. The van der Waals surface area contributed by atoms with Crippen molar-refractivity contribution in [3.8, 4) is 0 Å². The Morgan fingerprint density at radius 1 is 1.16 bits per heavy atom. The van der Waals surface area contributed by atoms with E-state index in [1.54, 1.807) is 17.0 Å². The molecule has 0 bridgehead atoms. The Hall–Kier alpha value is -2.49. The first-order valence-electron chi connectivity index (χ1n) is 9.70. The first-order valence-corrected chi connectivity index (χ1v) is 10.5. The third-order valence-corrected chi connectivity index (χ3v) is 6.56. The average Bonchev–Trinajstić information content (AvgIpc) is 3.38. The molecule has 2 aliphatic heterocycles. The van der Waals surface area contributed by atoms with E-state index in [-0.39, 0.29) is 47.3 Å². The molecule has 2 aliphatic rings. The highest BCUT2D eigenvalue weighted by Gasteiger charge is 2.59.